The molecule has 10 rings (SSSR count). The molecular weight excluding hydrogens is 705 g/mol. The van der Waals surface area contributed by atoms with Gasteiger partial charge in [0.2, 0.25) is 0 Å². The fraction of sp³-hybridized carbons (Fsp3) is 0. The van der Waals surface area contributed by atoms with Crippen LogP contribution in [0.25, 0.3) is 101 Å². The second-order valence-electron chi connectivity index (χ2n) is 14.3. The molecule has 0 radical (unpaired) electrons. The molecule has 58 heavy (non-hydrogen) atoms. The minimum Gasteiger partial charge on any atom is -0.248 e. The Bertz CT molecular complexity index is 2680. The molecule has 2 heterocycles. The van der Waals surface area contributed by atoms with Crippen molar-refractivity contribution in [2.75, 3.05) is 0 Å². The summed E-state index contributed by atoms with van der Waals surface area (Å²) in [5, 5.41) is 2.38. The van der Waals surface area contributed by atoms with Gasteiger partial charge in [-0.05, 0) is 68.4 Å². The summed E-state index contributed by atoms with van der Waals surface area (Å²) in [7, 11) is 0. The van der Waals surface area contributed by atoms with Gasteiger partial charge in [0, 0.05) is 27.8 Å². The van der Waals surface area contributed by atoms with Crippen LogP contribution in [0.5, 0.6) is 0 Å². The summed E-state index contributed by atoms with van der Waals surface area (Å²) in [6.45, 7) is 0. The lowest BCUT2D eigenvalue weighted by atomic mass is 9.96. The maximum atomic E-state index is 5.13. The zero-order valence-corrected chi connectivity index (χ0v) is 31.6. The van der Waals surface area contributed by atoms with Gasteiger partial charge in [0.05, 0.1) is 11.4 Å². The second kappa shape index (κ2) is 15.4. The Labute approximate surface area is 337 Å². The predicted molar refractivity (Wildman–Crippen MR) is 239 cm³/mol. The van der Waals surface area contributed by atoms with Crippen molar-refractivity contribution < 1.29 is 0 Å². The van der Waals surface area contributed by atoms with E-state index < -0.39 is 0 Å². The summed E-state index contributed by atoms with van der Waals surface area (Å²) in [6.07, 6.45) is 0. The smallest absolute Gasteiger partial charge is 0.164 e. The molecule has 272 valence electrons. The quantitative estimate of drug-likeness (QED) is 0.156. The van der Waals surface area contributed by atoms with Crippen LogP contribution in [0.1, 0.15) is 0 Å². The number of nitrogens with zero attached hydrogens (tertiary/aromatic N) is 4. The van der Waals surface area contributed by atoms with E-state index in [1.54, 1.807) is 0 Å². The zero-order chi connectivity index (χ0) is 38.7. The van der Waals surface area contributed by atoms with Crippen LogP contribution in [0.2, 0.25) is 0 Å². The van der Waals surface area contributed by atoms with Gasteiger partial charge in [0.15, 0.2) is 17.5 Å². The van der Waals surface area contributed by atoms with Crippen molar-refractivity contribution in [3.8, 4) is 90.1 Å². The summed E-state index contributed by atoms with van der Waals surface area (Å²) in [6, 6.07) is 76.0. The number of benzene rings is 8. The van der Waals surface area contributed by atoms with E-state index in [0.717, 1.165) is 61.5 Å². The standard InChI is InChI=1S/C54H36N4/c1-5-13-37(14-6-1)49-35-50(41-15-7-2-8-16-41)55-51(36-49)42-27-21-38(22-28-42)46-31-25-40-26-32-47(34-48(40)33-46)39-23-29-45(30-24-39)54-57-52(43-17-9-3-10-18-43)56-53(58-54)44-19-11-4-12-20-44/h1-36H. The van der Waals surface area contributed by atoms with Crippen LogP contribution in [-0.2, 0) is 0 Å². The first-order valence-corrected chi connectivity index (χ1v) is 19.5. The molecule has 0 aliphatic heterocycles. The van der Waals surface area contributed by atoms with E-state index in [-0.39, 0.29) is 0 Å². The van der Waals surface area contributed by atoms with Gasteiger partial charge in [0.25, 0.3) is 0 Å². The van der Waals surface area contributed by atoms with E-state index in [9.17, 15) is 0 Å². The molecule has 0 aliphatic rings. The van der Waals surface area contributed by atoms with Gasteiger partial charge in [-0.3, -0.25) is 0 Å². The Balaban J connectivity index is 0.941. The van der Waals surface area contributed by atoms with Crippen molar-refractivity contribution in [2.45, 2.75) is 0 Å². The molecule has 0 fully saturated rings. The molecule has 0 bridgehead atoms. The number of pyridine rings is 1. The molecular formula is C54H36N4. The minimum atomic E-state index is 0.643. The molecule has 0 atom stereocenters. The third kappa shape index (κ3) is 7.18. The normalized spacial score (nSPS) is 11.1. The number of aromatic nitrogens is 4. The number of hydrogen-bond donors (Lipinski definition) is 0. The van der Waals surface area contributed by atoms with Crippen LogP contribution in [0.4, 0.5) is 0 Å². The van der Waals surface area contributed by atoms with E-state index in [2.05, 4.69) is 152 Å². The molecule has 0 amide bonds. The largest absolute Gasteiger partial charge is 0.248 e. The first kappa shape index (κ1) is 34.7. The Morgan fingerprint density at radius 3 is 0.948 bits per heavy atom. The maximum Gasteiger partial charge on any atom is 0.164 e. The average molecular weight is 741 g/mol. The zero-order valence-electron chi connectivity index (χ0n) is 31.6. The van der Waals surface area contributed by atoms with E-state index >= 15 is 0 Å². The summed E-state index contributed by atoms with van der Waals surface area (Å²) in [5.41, 5.74) is 13.8. The highest BCUT2D eigenvalue weighted by Crippen LogP contribution is 2.34. The molecule has 4 nitrogen and oxygen atoms in total. The van der Waals surface area contributed by atoms with E-state index in [4.69, 9.17) is 19.9 Å². The number of hydrogen-bond acceptors (Lipinski definition) is 4. The Kier molecular flexibility index (Phi) is 9.18. The van der Waals surface area contributed by atoms with Crippen molar-refractivity contribution in [1.29, 1.82) is 0 Å². The van der Waals surface area contributed by atoms with Gasteiger partial charge >= 0.3 is 0 Å². The highest BCUT2D eigenvalue weighted by atomic mass is 15.0. The highest BCUT2D eigenvalue weighted by molar-refractivity contribution is 5.91. The van der Waals surface area contributed by atoms with Crippen LogP contribution in [0.15, 0.2) is 218 Å². The van der Waals surface area contributed by atoms with E-state index in [1.165, 1.54) is 21.9 Å². The van der Waals surface area contributed by atoms with Crippen LogP contribution in [0.3, 0.4) is 0 Å². The van der Waals surface area contributed by atoms with Crippen LogP contribution in [0, 0.1) is 0 Å². The minimum absolute atomic E-state index is 0.643. The molecule has 2 aromatic heterocycles. The molecule has 4 heteroatoms. The second-order valence-corrected chi connectivity index (χ2v) is 14.3. The number of rotatable bonds is 8. The fourth-order valence-electron chi connectivity index (χ4n) is 7.42. The molecule has 8 aromatic carbocycles. The van der Waals surface area contributed by atoms with Crippen LogP contribution in [-0.4, -0.2) is 19.9 Å². The Hall–Kier alpha value is -7.82. The van der Waals surface area contributed by atoms with Crippen molar-refractivity contribution in [1.82, 2.24) is 19.9 Å². The van der Waals surface area contributed by atoms with Gasteiger partial charge < -0.3 is 0 Å². The monoisotopic (exact) mass is 740 g/mol. The fourth-order valence-corrected chi connectivity index (χ4v) is 7.42. The Morgan fingerprint density at radius 2 is 0.500 bits per heavy atom. The molecule has 0 N–H and O–H groups in total. The maximum absolute atomic E-state index is 5.13. The average Bonchev–Trinajstić information content (AvgIpc) is 3.32. The molecule has 0 saturated carbocycles. The molecule has 0 spiro atoms. The van der Waals surface area contributed by atoms with E-state index in [1.807, 2.05) is 66.7 Å². The van der Waals surface area contributed by atoms with E-state index in [0.29, 0.717) is 17.5 Å². The van der Waals surface area contributed by atoms with Gasteiger partial charge in [-0.1, -0.05) is 194 Å². The van der Waals surface area contributed by atoms with Crippen molar-refractivity contribution >= 4 is 10.8 Å². The van der Waals surface area contributed by atoms with Crippen LogP contribution >= 0.6 is 0 Å². The summed E-state index contributed by atoms with van der Waals surface area (Å²) in [5.74, 6) is 1.95. The van der Waals surface area contributed by atoms with Gasteiger partial charge in [-0.25, -0.2) is 19.9 Å². The molecule has 0 unspecified atom stereocenters. The highest BCUT2D eigenvalue weighted by Gasteiger charge is 2.13. The predicted octanol–water partition coefficient (Wildman–Crippen LogP) is 13.8. The van der Waals surface area contributed by atoms with Crippen molar-refractivity contribution in [3.63, 3.8) is 0 Å². The van der Waals surface area contributed by atoms with Crippen molar-refractivity contribution in [2.24, 2.45) is 0 Å². The lowest BCUT2D eigenvalue weighted by Crippen LogP contribution is -2.00. The molecule has 10 aromatic rings. The molecule has 0 aliphatic carbocycles. The Morgan fingerprint density at radius 1 is 0.190 bits per heavy atom. The SMILES string of the molecule is c1ccc(-c2cc(-c3ccccc3)nc(-c3ccc(-c4ccc5ccc(-c6ccc(-c7nc(-c8ccccc8)nc(-c8ccccc8)n7)cc6)cc5c4)cc3)c2)cc1. The topological polar surface area (TPSA) is 51.6 Å². The van der Waals surface area contributed by atoms with Crippen molar-refractivity contribution in [3.05, 3.63) is 218 Å². The number of fused-ring (bicyclic) bond motifs is 1. The summed E-state index contributed by atoms with van der Waals surface area (Å²) < 4.78 is 0. The van der Waals surface area contributed by atoms with Gasteiger partial charge in [-0.2, -0.15) is 0 Å². The summed E-state index contributed by atoms with van der Waals surface area (Å²) >= 11 is 0. The summed E-state index contributed by atoms with van der Waals surface area (Å²) in [4.78, 5) is 19.8. The first-order valence-electron chi connectivity index (χ1n) is 19.5. The third-order valence-corrected chi connectivity index (χ3v) is 10.5. The lowest BCUT2D eigenvalue weighted by molar-refractivity contribution is 1.07. The first-order chi connectivity index (χ1) is 28.7. The van der Waals surface area contributed by atoms with Gasteiger partial charge in [-0.15, -0.1) is 0 Å². The third-order valence-electron chi connectivity index (χ3n) is 10.5. The molecule has 0 saturated heterocycles. The van der Waals surface area contributed by atoms with Gasteiger partial charge in [0.1, 0.15) is 0 Å². The van der Waals surface area contributed by atoms with Crippen LogP contribution < -0.4 is 0 Å². The lowest BCUT2D eigenvalue weighted by Gasteiger charge is -2.11.